The minimum absolute atomic E-state index is 0.0913. The summed E-state index contributed by atoms with van der Waals surface area (Å²) in [6.07, 6.45) is 3.71. The Morgan fingerprint density at radius 3 is 2.48 bits per heavy atom. The quantitative estimate of drug-likeness (QED) is 0.578. The maximum atomic E-state index is 10.1. The van der Waals surface area contributed by atoms with Gasteiger partial charge in [-0.2, -0.15) is 5.10 Å². The largest absolute Gasteiger partial charge is 0.507 e. The number of benzene rings is 2. The lowest BCUT2D eigenvalue weighted by Gasteiger charge is -2.12. The van der Waals surface area contributed by atoms with Crippen LogP contribution in [0.15, 0.2) is 73.1 Å². The van der Waals surface area contributed by atoms with Gasteiger partial charge in [-0.3, -0.25) is 4.68 Å². The number of phenolic OH excluding ortho intramolecular Hbond substituents is 1. The molecule has 0 amide bonds. The fraction of sp³-hybridized carbons (Fsp3) is 0.0952. The van der Waals surface area contributed by atoms with Crippen LogP contribution in [0.5, 0.6) is 5.75 Å². The Morgan fingerprint density at radius 2 is 1.70 bits per heavy atom. The van der Waals surface area contributed by atoms with Crippen LogP contribution >= 0.6 is 0 Å². The van der Waals surface area contributed by atoms with E-state index in [1.807, 2.05) is 41.2 Å². The second-order valence-corrected chi connectivity index (χ2v) is 6.34. The third-order valence-corrected chi connectivity index (χ3v) is 4.59. The highest BCUT2D eigenvalue weighted by atomic mass is 16.3. The van der Waals surface area contributed by atoms with E-state index in [0.717, 1.165) is 11.1 Å². The highest BCUT2D eigenvalue weighted by Crippen LogP contribution is 2.32. The number of hydrogen-bond donors (Lipinski definition) is 2. The minimum atomic E-state index is 0.0913. The molecule has 4 aromatic rings. The van der Waals surface area contributed by atoms with Gasteiger partial charge in [0.1, 0.15) is 5.75 Å². The Kier molecular flexibility index (Phi) is 4.30. The molecule has 0 aliphatic heterocycles. The molecule has 0 saturated carbocycles. The van der Waals surface area contributed by atoms with Crippen molar-refractivity contribution in [2.45, 2.75) is 13.0 Å². The van der Waals surface area contributed by atoms with Crippen molar-refractivity contribution in [1.82, 2.24) is 20.0 Å². The molecule has 0 aliphatic carbocycles. The van der Waals surface area contributed by atoms with Gasteiger partial charge in [-0.1, -0.05) is 42.5 Å². The fourth-order valence-electron chi connectivity index (χ4n) is 3.03. The number of rotatable bonds is 4. The maximum absolute atomic E-state index is 10.1. The molecule has 134 valence electrons. The molecule has 27 heavy (non-hydrogen) atoms. The molecule has 6 heteroatoms. The van der Waals surface area contributed by atoms with Gasteiger partial charge in [0.15, 0.2) is 5.82 Å². The molecule has 0 aliphatic rings. The van der Waals surface area contributed by atoms with Crippen LogP contribution in [0, 0.1) is 0 Å². The zero-order valence-electron chi connectivity index (χ0n) is 14.8. The Morgan fingerprint density at radius 1 is 0.963 bits per heavy atom. The molecule has 0 bridgehead atoms. The van der Waals surface area contributed by atoms with Crippen molar-refractivity contribution in [2.24, 2.45) is 0 Å². The number of hydrogen-bond acceptors (Lipinski definition) is 5. The number of aromatic hydroxyl groups is 1. The first-order chi connectivity index (χ1) is 13.1. The first-order valence-corrected chi connectivity index (χ1v) is 8.64. The van der Waals surface area contributed by atoms with Gasteiger partial charge in [-0.05, 0) is 30.7 Å². The van der Waals surface area contributed by atoms with Crippen LogP contribution in [0.1, 0.15) is 18.5 Å². The van der Waals surface area contributed by atoms with Crippen molar-refractivity contribution in [3.05, 3.63) is 78.6 Å². The summed E-state index contributed by atoms with van der Waals surface area (Å²) in [5.74, 6) is 0.469. The van der Waals surface area contributed by atoms with Crippen molar-refractivity contribution in [3.63, 3.8) is 0 Å². The fourth-order valence-corrected chi connectivity index (χ4v) is 3.03. The van der Waals surface area contributed by atoms with Crippen molar-refractivity contribution >= 4 is 5.82 Å². The third-order valence-electron chi connectivity index (χ3n) is 4.59. The van der Waals surface area contributed by atoms with E-state index in [1.54, 1.807) is 24.4 Å². The summed E-state index contributed by atoms with van der Waals surface area (Å²) in [6, 6.07) is 19.1. The standard InChI is InChI=1S/C21H19N5O/c1-14(15-7-3-2-4-8-15)26-13-16(12-23-26)18-11-19(24-25-21(18)22)17-9-5-6-10-20(17)27/h2-14,27H,1H3,(H2,22,25). The number of nitrogens with zero attached hydrogens (tertiary/aromatic N) is 4. The zero-order valence-corrected chi connectivity index (χ0v) is 14.8. The summed E-state index contributed by atoms with van der Waals surface area (Å²) in [5, 5.41) is 22.8. The molecule has 2 aromatic heterocycles. The molecule has 1 unspecified atom stereocenters. The van der Waals surface area contributed by atoms with Crippen molar-refractivity contribution in [2.75, 3.05) is 5.73 Å². The molecule has 6 nitrogen and oxygen atoms in total. The Balaban J connectivity index is 1.71. The van der Waals surface area contributed by atoms with Gasteiger partial charge in [-0.25, -0.2) is 0 Å². The average molecular weight is 357 g/mol. The third kappa shape index (κ3) is 3.25. The highest BCUT2D eigenvalue weighted by Gasteiger charge is 2.14. The first kappa shape index (κ1) is 16.8. The number of aromatic nitrogens is 4. The normalized spacial score (nSPS) is 12.0. The molecule has 0 radical (unpaired) electrons. The van der Waals surface area contributed by atoms with Crippen LogP contribution in [0.3, 0.4) is 0 Å². The van der Waals surface area contributed by atoms with Crippen LogP contribution in [-0.2, 0) is 0 Å². The number of anilines is 1. The molecule has 3 N–H and O–H groups in total. The van der Waals surface area contributed by atoms with Crippen molar-refractivity contribution < 1.29 is 5.11 Å². The van der Waals surface area contributed by atoms with E-state index in [-0.39, 0.29) is 11.8 Å². The van der Waals surface area contributed by atoms with E-state index < -0.39 is 0 Å². The summed E-state index contributed by atoms with van der Waals surface area (Å²) in [7, 11) is 0. The van der Waals surface area contributed by atoms with Crippen LogP contribution in [0.2, 0.25) is 0 Å². The second-order valence-electron chi connectivity index (χ2n) is 6.34. The zero-order chi connectivity index (χ0) is 18.8. The Bertz CT molecular complexity index is 1070. The smallest absolute Gasteiger partial charge is 0.154 e. The van der Waals surface area contributed by atoms with Gasteiger partial charge in [0.25, 0.3) is 0 Å². The number of para-hydroxylation sites is 1. The molecule has 2 heterocycles. The van der Waals surface area contributed by atoms with Gasteiger partial charge < -0.3 is 10.8 Å². The topological polar surface area (TPSA) is 89.8 Å². The molecular weight excluding hydrogens is 338 g/mol. The number of nitrogens with two attached hydrogens (primary N) is 1. The molecule has 0 spiro atoms. The molecule has 0 saturated heterocycles. The molecule has 2 aromatic carbocycles. The predicted molar refractivity (Wildman–Crippen MR) is 105 cm³/mol. The summed E-state index contributed by atoms with van der Waals surface area (Å²) in [6.45, 7) is 2.09. The molecule has 0 fully saturated rings. The molecule has 1 atom stereocenters. The van der Waals surface area contributed by atoms with Crippen LogP contribution in [-0.4, -0.2) is 25.1 Å². The van der Waals surface area contributed by atoms with Gasteiger partial charge in [0.2, 0.25) is 0 Å². The Labute approximate surface area is 156 Å². The lowest BCUT2D eigenvalue weighted by molar-refractivity contribution is 0.477. The van der Waals surface area contributed by atoms with Crippen molar-refractivity contribution in [3.8, 4) is 28.1 Å². The lowest BCUT2D eigenvalue weighted by Crippen LogP contribution is -2.06. The van der Waals surface area contributed by atoms with Gasteiger partial charge >= 0.3 is 0 Å². The van der Waals surface area contributed by atoms with E-state index in [0.29, 0.717) is 17.1 Å². The molecular formula is C21H19N5O. The van der Waals surface area contributed by atoms with Crippen LogP contribution in [0.25, 0.3) is 22.4 Å². The Hall–Kier alpha value is -3.67. The summed E-state index contributed by atoms with van der Waals surface area (Å²) < 4.78 is 1.89. The van der Waals surface area contributed by atoms with Crippen LogP contribution < -0.4 is 5.73 Å². The number of phenols is 1. The summed E-state index contributed by atoms with van der Waals surface area (Å²) in [5.41, 5.74) is 9.97. The average Bonchev–Trinajstić information content (AvgIpc) is 3.19. The highest BCUT2D eigenvalue weighted by molar-refractivity contribution is 5.78. The van der Waals surface area contributed by atoms with Gasteiger partial charge in [0, 0.05) is 22.9 Å². The van der Waals surface area contributed by atoms with E-state index >= 15 is 0 Å². The second kappa shape index (κ2) is 6.92. The van der Waals surface area contributed by atoms with Crippen LogP contribution in [0.4, 0.5) is 5.82 Å². The maximum Gasteiger partial charge on any atom is 0.154 e. The van der Waals surface area contributed by atoms with E-state index in [1.165, 1.54) is 5.56 Å². The van der Waals surface area contributed by atoms with Gasteiger partial charge in [0.05, 0.1) is 17.9 Å². The minimum Gasteiger partial charge on any atom is -0.507 e. The predicted octanol–water partition coefficient (Wildman–Crippen LogP) is 3.90. The SMILES string of the molecule is CC(c1ccccc1)n1cc(-c2cc(-c3ccccc3O)nnc2N)cn1. The monoisotopic (exact) mass is 357 g/mol. The van der Waals surface area contributed by atoms with Gasteiger partial charge in [-0.15, -0.1) is 10.2 Å². The van der Waals surface area contributed by atoms with E-state index in [2.05, 4.69) is 34.4 Å². The van der Waals surface area contributed by atoms with E-state index in [9.17, 15) is 5.11 Å². The number of nitrogen functional groups attached to an aromatic ring is 1. The molecule has 4 rings (SSSR count). The lowest BCUT2D eigenvalue weighted by atomic mass is 10.1. The first-order valence-electron chi connectivity index (χ1n) is 8.64. The summed E-state index contributed by atoms with van der Waals surface area (Å²) in [4.78, 5) is 0. The van der Waals surface area contributed by atoms with Crippen molar-refractivity contribution in [1.29, 1.82) is 0 Å². The van der Waals surface area contributed by atoms with E-state index in [4.69, 9.17) is 5.73 Å². The summed E-state index contributed by atoms with van der Waals surface area (Å²) >= 11 is 0.